The molecule has 0 atom stereocenters. The molecule has 0 bridgehead atoms. The summed E-state index contributed by atoms with van der Waals surface area (Å²) in [6, 6.07) is 0. The van der Waals surface area contributed by atoms with E-state index < -0.39 is 0 Å². The monoisotopic (exact) mass is 156 g/mol. The van der Waals surface area contributed by atoms with E-state index >= 15 is 0 Å². The van der Waals surface area contributed by atoms with E-state index in [1.807, 2.05) is 0 Å². The van der Waals surface area contributed by atoms with Crippen molar-refractivity contribution in [2.24, 2.45) is 5.41 Å². The number of hydrogen-bond donors (Lipinski definition) is 0. The molecule has 0 radical (unpaired) electrons. The molecule has 1 aliphatic rings. The van der Waals surface area contributed by atoms with Crippen molar-refractivity contribution in [3.8, 4) is 0 Å². The van der Waals surface area contributed by atoms with Gasteiger partial charge in [-0.2, -0.15) is 0 Å². The molecule has 1 fully saturated rings. The van der Waals surface area contributed by atoms with E-state index in [9.17, 15) is 4.79 Å². The number of carbonyl (C=O) groups excluding carboxylic acids is 1. The van der Waals surface area contributed by atoms with Gasteiger partial charge in [0.15, 0.2) is 0 Å². The van der Waals surface area contributed by atoms with E-state index in [0.717, 1.165) is 12.8 Å². The zero-order valence-corrected chi connectivity index (χ0v) is 7.35. The van der Waals surface area contributed by atoms with E-state index in [0.29, 0.717) is 13.0 Å². The average molecular weight is 156 g/mol. The van der Waals surface area contributed by atoms with Crippen LogP contribution in [0.25, 0.3) is 0 Å². The molecular formula is C9H16O2. The molecule has 0 aromatic heterocycles. The predicted octanol–water partition coefficient (Wildman–Crippen LogP) is 2.13. The highest BCUT2D eigenvalue weighted by molar-refractivity contribution is 5.69. The van der Waals surface area contributed by atoms with Crippen molar-refractivity contribution in [3.63, 3.8) is 0 Å². The number of carbonyl (C=O) groups is 1. The molecule has 1 rings (SSSR count). The van der Waals surface area contributed by atoms with Crippen LogP contribution in [0.15, 0.2) is 0 Å². The molecule has 2 heteroatoms. The second-order valence-corrected chi connectivity index (χ2v) is 4.03. The van der Waals surface area contributed by atoms with Gasteiger partial charge in [-0.25, -0.2) is 0 Å². The van der Waals surface area contributed by atoms with Crippen molar-refractivity contribution in [3.05, 3.63) is 0 Å². The summed E-state index contributed by atoms with van der Waals surface area (Å²) in [5.41, 5.74) is 0.191. The van der Waals surface area contributed by atoms with Crippen molar-refractivity contribution in [2.45, 2.75) is 39.5 Å². The summed E-state index contributed by atoms with van der Waals surface area (Å²) in [5, 5.41) is 0. The Morgan fingerprint density at radius 3 is 2.82 bits per heavy atom. The molecule has 1 heterocycles. The summed E-state index contributed by atoms with van der Waals surface area (Å²) >= 11 is 0. The molecule has 11 heavy (non-hydrogen) atoms. The van der Waals surface area contributed by atoms with Crippen LogP contribution in [0, 0.1) is 5.41 Å². The minimum Gasteiger partial charge on any atom is -0.465 e. The first kappa shape index (κ1) is 8.57. The van der Waals surface area contributed by atoms with Gasteiger partial charge in [-0.05, 0) is 18.3 Å². The normalized spacial score (nSPS) is 25.1. The molecule has 0 aliphatic carbocycles. The molecule has 64 valence electrons. The summed E-state index contributed by atoms with van der Waals surface area (Å²) in [7, 11) is 0. The van der Waals surface area contributed by atoms with Crippen LogP contribution in [0.3, 0.4) is 0 Å². The van der Waals surface area contributed by atoms with Crippen LogP contribution < -0.4 is 0 Å². The third-order valence-corrected chi connectivity index (χ3v) is 2.11. The Bertz CT molecular complexity index is 150. The molecular weight excluding hydrogens is 140 g/mol. The lowest BCUT2D eigenvalue weighted by molar-refractivity contribution is -0.148. The fourth-order valence-electron chi connectivity index (χ4n) is 1.29. The zero-order valence-electron chi connectivity index (χ0n) is 7.35. The standard InChI is InChI=1S/C9H16O2/c1-9(2)6-4-3-5-8(10)11-7-9/h3-7H2,1-2H3. The van der Waals surface area contributed by atoms with Crippen LogP contribution >= 0.6 is 0 Å². The highest BCUT2D eigenvalue weighted by Gasteiger charge is 2.22. The Morgan fingerprint density at radius 2 is 2.09 bits per heavy atom. The van der Waals surface area contributed by atoms with Crippen molar-refractivity contribution >= 4 is 5.97 Å². The van der Waals surface area contributed by atoms with E-state index in [2.05, 4.69) is 13.8 Å². The topological polar surface area (TPSA) is 26.3 Å². The molecule has 1 aliphatic heterocycles. The Balaban J connectivity index is 2.44. The van der Waals surface area contributed by atoms with Gasteiger partial charge in [0.05, 0.1) is 6.61 Å². The van der Waals surface area contributed by atoms with Gasteiger partial charge < -0.3 is 4.74 Å². The van der Waals surface area contributed by atoms with Crippen LogP contribution in [-0.4, -0.2) is 12.6 Å². The molecule has 0 saturated carbocycles. The van der Waals surface area contributed by atoms with Crippen LogP contribution in [-0.2, 0) is 9.53 Å². The Hall–Kier alpha value is -0.530. The van der Waals surface area contributed by atoms with E-state index in [1.54, 1.807) is 0 Å². The summed E-state index contributed by atoms with van der Waals surface area (Å²) < 4.78 is 5.06. The van der Waals surface area contributed by atoms with Gasteiger partial charge in [0.25, 0.3) is 0 Å². The maximum atomic E-state index is 10.9. The summed E-state index contributed by atoms with van der Waals surface area (Å²) in [5.74, 6) is -0.0298. The van der Waals surface area contributed by atoms with Crippen molar-refractivity contribution in [2.75, 3.05) is 6.61 Å². The molecule has 0 unspecified atom stereocenters. The number of esters is 1. The number of hydrogen-bond acceptors (Lipinski definition) is 2. The summed E-state index contributed by atoms with van der Waals surface area (Å²) in [6.45, 7) is 4.88. The highest BCUT2D eigenvalue weighted by Crippen LogP contribution is 2.26. The largest absolute Gasteiger partial charge is 0.465 e. The van der Waals surface area contributed by atoms with E-state index in [1.165, 1.54) is 6.42 Å². The van der Waals surface area contributed by atoms with Gasteiger partial charge in [0.1, 0.15) is 0 Å². The molecule has 0 aromatic carbocycles. The van der Waals surface area contributed by atoms with Gasteiger partial charge >= 0.3 is 5.97 Å². The third kappa shape index (κ3) is 2.91. The maximum Gasteiger partial charge on any atom is 0.305 e. The van der Waals surface area contributed by atoms with E-state index in [4.69, 9.17) is 4.74 Å². The molecule has 0 amide bonds. The molecule has 0 N–H and O–H groups in total. The summed E-state index contributed by atoms with van der Waals surface area (Å²) in [6.07, 6.45) is 3.92. The molecule has 0 aromatic rings. The lowest BCUT2D eigenvalue weighted by atomic mass is 9.87. The van der Waals surface area contributed by atoms with Gasteiger partial charge in [-0.3, -0.25) is 4.79 Å². The lowest BCUT2D eigenvalue weighted by Crippen LogP contribution is -2.24. The van der Waals surface area contributed by atoms with Crippen LogP contribution in [0.5, 0.6) is 0 Å². The molecule has 2 nitrogen and oxygen atoms in total. The summed E-state index contributed by atoms with van der Waals surface area (Å²) in [4.78, 5) is 10.9. The van der Waals surface area contributed by atoms with Crippen LogP contribution in [0.1, 0.15) is 39.5 Å². The quantitative estimate of drug-likeness (QED) is 0.502. The van der Waals surface area contributed by atoms with Gasteiger partial charge in [0, 0.05) is 6.42 Å². The first-order valence-electron chi connectivity index (χ1n) is 4.26. The Labute approximate surface area is 67.9 Å². The predicted molar refractivity (Wildman–Crippen MR) is 43.2 cm³/mol. The van der Waals surface area contributed by atoms with Crippen molar-refractivity contribution in [1.29, 1.82) is 0 Å². The van der Waals surface area contributed by atoms with Crippen molar-refractivity contribution < 1.29 is 9.53 Å². The Kier molecular flexibility index (Phi) is 2.53. The van der Waals surface area contributed by atoms with Gasteiger partial charge in [-0.1, -0.05) is 20.3 Å². The maximum absolute atomic E-state index is 10.9. The third-order valence-electron chi connectivity index (χ3n) is 2.11. The second-order valence-electron chi connectivity index (χ2n) is 4.03. The number of rotatable bonds is 0. The second kappa shape index (κ2) is 3.24. The highest BCUT2D eigenvalue weighted by atomic mass is 16.5. The van der Waals surface area contributed by atoms with Gasteiger partial charge in [0.2, 0.25) is 0 Å². The average Bonchev–Trinajstić information content (AvgIpc) is 1.92. The molecule has 0 spiro atoms. The van der Waals surface area contributed by atoms with Crippen LogP contribution in [0.2, 0.25) is 0 Å². The smallest absolute Gasteiger partial charge is 0.305 e. The minimum absolute atomic E-state index is 0.0298. The fraction of sp³-hybridized carbons (Fsp3) is 0.889. The first-order valence-corrected chi connectivity index (χ1v) is 4.26. The fourth-order valence-corrected chi connectivity index (χ4v) is 1.29. The minimum atomic E-state index is -0.0298. The lowest BCUT2D eigenvalue weighted by Gasteiger charge is -2.26. The van der Waals surface area contributed by atoms with Crippen LogP contribution in [0.4, 0.5) is 0 Å². The van der Waals surface area contributed by atoms with Crippen molar-refractivity contribution in [1.82, 2.24) is 0 Å². The number of cyclic esters (lactones) is 1. The Morgan fingerprint density at radius 1 is 1.36 bits per heavy atom. The zero-order chi connectivity index (χ0) is 8.32. The van der Waals surface area contributed by atoms with Gasteiger partial charge in [-0.15, -0.1) is 0 Å². The number of ether oxygens (including phenoxy) is 1. The molecule has 1 saturated heterocycles. The SMILES string of the molecule is CC1(C)CCCCC(=O)OC1. The van der Waals surface area contributed by atoms with E-state index in [-0.39, 0.29) is 11.4 Å². The first-order chi connectivity index (χ1) is 5.10.